The molecule has 0 saturated carbocycles. The molecule has 0 amide bonds. The summed E-state index contributed by atoms with van der Waals surface area (Å²) in [6, 6.07) is 3.64. The molecular formula is C11H12ClN3O. The topological polar surface area (TPSA) is 60.2 Å². The van der Waals surface area contributed by atoms with Crippen LogP contribution < -0.4 is 4.90 Å². The molecule has 0 aromatic carbocycles. The van der Waals surface area contributed by atoms with Crippen molar-refractivity contribution in [1.29, 1.82) is 5.26 Å². The van der Waals surface area contributed by atoms with E-state index in [-0.39, 0.29) is 12.5 Å². The average molecular weight is 238 g/mol. The highest BCUT2D eigenvalue weighted by atomic mass is 35.5. The maximum absolute atomic E-state index is 9.07. The van der Waals surface area contributed by atoms with Gasteiger partial charge in [-0.2, -0.15) is 5.26 Å². The molecule has 0 spiro atoms. The van der Waals surface area contributed by atoms with Crippen molar-refractivity contribution in [3.63, 3.8) is 0 Å². The first-order valence-corrected chi connectivity index (χ1v) is 5.54. The molecular weight excluding hydrogens is 226 g/mol. The molecule has 1 fully saturated rings. The van der Waals surface area contributed by atoms with Gasteiger partial charge in [0.2, 0.25) is 0 Å². The van der Waals surface area contributed by atoms with E-state index >= 15 is 0 Å². The minimum Gasteiger partial charge on any atom is -0.396 e. The van der Waals surface area contributed by atoms with Gasteiger partial charge in [0.05, 0.1) is 5.56 Å². The van der Waals surface area contributed by atoms with E-state index in [4.69, 9.17) is 22.0 Å². The molecule has 0 aliphatic carbocycles. The third-order valence-electron chi connectivity index (χ3n) is 2.83. The van der Waals surface area contributed by atoms with Gasteiger partial charge in [-0.1, -0.05) is 11.6 Å². The van der Waals surface area contributed by atoms with Crippen LogP contribution in [0.5, 0.6) is 0 Å². The number of anilines is 1. The molecule has 1 aliphatic rings. The maximum Gasteiger partial charge on any atom is 0.148 e. The van der Waals surface area contributed by atoms with E-state index in [1.807, 2.05) is 11.0 Å². The Balaban J connectivity index is 2.25. The number of rotatable bonds is 2. The van der Waals surface area contributed by atoms with Crippen LogP contribution in [0.2, 0.25) is 5.02 Å². The van der Waals surface area contributed by atoms with Crippen LogP contribution in [0.3, 0.4) is 0 Å². The second-order valence-electron chi connectivity index (χ2n) is 3.89. The third kappa shape index (κ3) is 1.97. The van der Waals surface area contributed by atoms with Crippen LogP contribution in [0.1, 0.15) is 12.0 Å². The fourth-order valence-electron chi connectivity index (χ4n) is 1.91. The quantitative estimate of drug-likeness (QED) is 0.845. The van der Waals surface area contributed by atoms with Gasteiger partial charge in [-0.3, -0.25) is 0 Å². The summed E-state index contributed by atoms with van der Waals surface area (Å²) in [5.74, 6) is 0.931. The lowest BCUT2D eigenvalue weighted by molar-refractivity contribution is 0.238. The summed E-state index contributed by atoms with van der Waals surface area (Å²) < 4.78 is 0. The van der Waals surface area contributed by atoms with E-state index in [1.54, 1.807) is 12.3 Å². The summed E-state index contributed by atoms with van der Waals surface area (Å²) in [5.41, 5.74) is 0.444. The zero-order valence-corrected chi connectivity index (χ0v) is 9.48. The van der Waals surface area contributed by atoms with Gasteiger partial charge in [0.25, 0.3) is 0 Å². The van der Waals surface area contributed by atoms with Gasteiger partial charge in [0.1, 0.15) is 16.9 Å². The van der Waals surface area contributed by atoms with Crippen molar-refractivity contribution in [1.82, 2.24) is 4.98 Å². The van der Waals surface area contributed by atoms with E-state index in [9.17, 15) is 0 Å². The first-order valence-electron chi connectivity index (χ1n) is 5.16. The van der Waals surface area contributed by atoms with Crippen LogP contribution in [-0.4, -0.2) is 29.8 Å². The monoisotopic (exact) mass is 237 g/mol. The first kappa shape index (κ1) is 11.2. The Hall–Kier alpha value is -1.31. The van der Waals surface area contributed by atoms with Crippen molar-refractivity contribution >= 4 is 17.4 Å². The SMILES string of the molecule is N#Cc1ccnc(N2CCC(CO)C2)c1Cl. The molecule has 1 N–H and O–H groups in total. The number of halogens is 1. The Morgan fingerprint density at radius 3 is 3.12 bits per heavy atom. The number of nitrogens with zero attached hydrogens (tertiary/aromatic N) is 3. The molecule has 1 unspecified atom stereocenters. The van der Waals surface area contributed by atoms with Crippen LogP contribution in [0.25, 0.3) is 0 Å². The molecule has 2 rings (SSSR count). The molecule has 16 heavy (non-hydrogen) atoms. The van der Waals surface area contributed by atoms with Crippen molar-refractivity contribution in [2.45, 2.75) is 6.42 Å². The van der Waals surface area contributed by atoms with Crippen LogP contribution in [0.4, 0.5) is 5.82 Å². The highest BCUT2D eigenvalue weighted by molar-refractivity contribution is 6.34. The Labute approximate surface area is 99.1 Å². The summed E-state index contributed by atoms with van der Waals surface area (Å²) in [5, 5.41) is 18.3. The molecule has 5 heteroatoms. The van der Waals surface area contributed by atoms with Gasteiger partial charge in [0.15, 0.2) is 0 Å². The minimum atomic E-state index is 0.187. The smallest absolute Gasteiger partial charge is 0.148 e. The number of aliphatic hydroxyl groups excluding tert-OH is 1. The highest BCUT2D eigenvalue weighted by Gasteiger charge is 2.24. The Morgan fingerprint density at radius 1 is 1.69 bits per heavy atom. The predicted molar refractivity (Wildman–Crippen MR) is 61.4 cm³/mol. The fraction of sp³-hybridized carbons (Fsp3) is 0.455. The molecule has 0 radical (unpaired) electrons. The van der Waals surface area contributed by atoms with E-state index in [0.29, 0.717) is 16.4 Å². The molecule has 1 atom stereocenters. The lowest BCUT2D eigenvalue weighted by atomic mass is 10.1. The number of aromatic nitrogens is 1. The van der Waals surface area contributed by atoms with Crippen molar-refractivity contribution in [2.24, 2.45) is 5.92 Å². The molecule has 84 valence electrons. The molecule has 2 heterocycles. The van der Waals surface area contributed by atoms with Crippen molar-refractivity contribution in [3.05, 3.63) is 22.8 Å². The van der Waals surface area contributed by atoms with E-state index in [0.717, 1.165) is 19.5 Å². The van der Waals surface area contributed by atoms with Crippen LogP contribution in [0, 0.1) is 17.2 Å². The molecule has 0 bridgehead atoms. The van der Waals surface area contributed by atoms with Crippen molar-refractivity contribution in [2.75, 3.05) is 24.6 Å². The van der Waals surface area contributed by atoms with Gasteiger partial charge in [-0.15, -0.1) is 0 Å². The van der Waals surface area contributed by atoms with Gasteiger partial charge >= 0.3 is 0 Å². The van der Waals surface area contributed by atoms with Gasteiger partial charge in [0, 0.05) is 31.8 Å². The van der Waals surface area contributed by atoms with Gasteiger partial charge in [-0.25, -0.2) is 4.98 Å². The Bertz CT molecular complexity index is 430. The largest absolute Gasteiger partial charge is 0.396 e. The Morgan fingerprint density at radius 2 is 2.50 bits per heavy atom. The van der Waals surface area contributed by atoms with E-state index < -0.39 is 0 Å². The molecule has 4 nitrogen and oxygen atoms in total. The average Bonchev–Trinajstić information content (AvgIpc) is 2.78. The van der Waals surface area contributed by atoms with Crippen molar-refractivity contribution in [3.8, 4) is 6.07 Å². The maximum atomic E-state index is 9.07. The molecule has 1 aromatic rings. The zero-order valence-electron chi connectivity index (χ0n) is 8.73. The lowest BCUT2D eigenvalue weighted by Gasteiger charge is -2.18. The van der Waals surface area contributed by atoms with Crippen LogP contribution in [0.15, 0.2) is 12.3 Å². The number of hydrogen-bond donors (Lipinski definition) is 1. The standard InChI is InChI=1S/C11H12ClN3O/c12-10-9(5-13)1-3-14-11(10)15-4-2-8(6-15)7-16/h1,3,8,16H,2,4,6-7H2. The van der Waals surface area contributed by atoms with E-state index in [2.05, 4.69) is 4.98 Å². The first-order chi connectivity index (χ1) is 7.76. The van der Waals surface area contributed by atoms with Crippen molar-refractivity contribution < 1.29 is 5.11 Å². The normalized spacial score (nSPS) is 19.8. The highest BCUT2D eigenvalue weighted by Crippen LogP contribution is 2.30. The predicted octanol–water partition coefficient (Wildman–Crippen LogP) is 1.43. The number of hydrogen-bond acceptors (Lipinski definition) is 4. The summed E-state index contributed by atoms with van der Waals surface area (Å²) >= 11 is 6.09. The second-order valence-corrected chi connectivity index (χ2v) is 4.27. The molecule has 1 aliphatic heterocycles. The zero-order chi connectivity index (χ0) is 11.5. The third-order valence-corrected chi connectivity index (χ3v) is 3.21. The Kier molecular flexibility index (Phi) is 3.28. The molecule has 1 aromatic heterocycles. The number of aliphatic hydroxyl groups is 1. The van der Waals surface area contributed by atoms with Gasteiger partial charge in [-0.05, 0) is 12.5 Å². The summed E-state index contributed by atoms with van der Waals surface area (Å²) in [4.78, 5) is 6.22. The van der Waals surface area contributed by atoms with Crippen LogP contribution in [-0.2, 0) is 0 Å². The van der Waals surface area contributed by atoms with E-state index in [1.165, 1.54) is 0 Å². The summed E-state index contributed by atoms with van der Waals surface area (Å²) in [6.45, 7) is 1.76. The van der Waals surface area contributed by atoms with Crippen LogP contribution >= 0.6 is 11.6 Å². The summed E-state index contributed by atoms with van der Waals surface area (Å²) in [6.07, 6.45) is 2.53. The fourth-order valence-corrected chi connectivity index (χ4v) is 2.19. The second kappa shape index (κ2) is 4.69. The lowest BCUT2D eigenvalue weighted by Crippen LogP contribution is -2.22. The number of pyridine rings is 1. The summed E-state index contributed by atoms with van der Waals surface area (Å²) in [7, 11) is 0. The minimum absolute atomic E-state index is 0.187. The van der Waals surface area contributed by atoms with Gasteiger partial charge < -0.3 is 10.0 Å². The molecule has 1 saturated heterocycles. The number of nitriles is 1.